The Hall–Kier alpha value is -4.58. The first-order valence-corrected chi connectivity index (χ1v) is 11.0. The van der Waals surface area contributed by atoms with Gasteiger partial charge in [0.1, 0.15) is 0 Å². The summed E-state index contributed by atoms with van der Waals surface area (Å²) in [5, 5.41) is 23.6. The van der Waals surface area contributed by atoms with Crippen molar-refractivity contribution in [3.8, 4) is 0 Å². The lowest BCUT2D eigenvalue weighted by atomic mass is 10.2. The van der Waals surface area contributed by atoms with Gasteiger partial charge in [-0.3, -0.25) is 34.6 Å². The molecule has 0 aliphatic carbocycles. The van der Waals surface area contributed by atoms with Crippen LogP contribution in [0.3, 0.4) is 0 Å². The van der Waals surface area contributed by atoms with Gasteiger partial charge in [-0.25, -0.2) is 4.90 Å². The van der Waals surface area contributed by atoms with Crippen LogP contribution in [0.15, 0.2) is 77.7 Å². The Bertz CT molecular complexity index is 1330. The largest absolute Gasteiger partial charge is 0.322 e. The van der Waals surface area contributed by atoms with Gasteiger partial charge < -0.3 is 5.32 Å². The molecule has 0 spiro atoms. The van der Waals surface area contributed by atoms with Gasteiger partial charge in [0, 0.05) is 46.8 Å². The molecule has 1 saturated heterocycles. The number of benzene rings is 3. The molecule has 3 aromatic rings. The van der Waals surface area contributed by atoms with Crippen LogP contribution in [0.1, 0.15) is 16.8 Å². The molecule has 12 heteroatoms. The first-order chi connectivity index (χ1) is 16.7. The number of rotatable bonds is 7. The molecule has 0 saturated carbocycles. The average Bonchev–Trinajstić information content (AvgIpc) is 3.12. The number of nitro groups is 2. The van der Waals surface area contributed by atoms with Gasteiger partial charge >= 0.3 is 0 Å². The summed E-state index contributed by atoms with van der Waals surface area (Å²) in [5.74, 6) is -1.24. The quantitative estimate of drug-likeness (QED) is 0.293. The minimum atomic E-state index is -0.654. The predicted octanol–water partition coefficient (Wildman–Crippen LogP) is 4.18. The molecule has 35 heavy (non-hydrogen) atoms. The highest BCUT2D eigenvalue weighted by Crippen LogP contribution is 2.35. The van der Waals surface area contributed by atoms with Crippen LogP contribution in [0.4, 0.5) is 22.7 Å². The van der Waals surface area contributed by atoms with E-state index in [9.17, 15) is 34.6 Å². The number of thioether (sulfide) groups is 1. The van der Waals surface area contributed by atoms with Crippen molar-refractivity contribution in [1.82, 2.24) is 0 Å². The van der Waals surface area contributed by atoms with Gasteiger partial charge in [-0.1, -0.05) is 0 Å². The van der Waals surface area contributed by atoms with Gasteiger partial charge in [0.05, 0.1) is 20.8 Å². The number of nitro benzene ring substituents is 2. The highest BCUT2D eigenvalue weighted by atomic mass is 32.2. The SMILES string of the molecule is O=C(Nc1ccc(SC2CC(=O)N(c3ccc([N+](=O)[O-])cc3)C2=O)cc1)c1ccc([N+](=O)[O-])cc1. The zero-order chi connectivity index (χ0) is 25.1. The summed E-state index contributed by atoms with van der Waals surface area (Å²) in [6, 6.07) is 17.1. The van der Waals surface area contributed by atoms with Crippen molar-refractivity contribution in [2.45, 2.75) is 16.6 Å². The minimum absolute atomic E-state index is 0.0148. The Morgan fingerprint density at radius 1 is 0.857 bits per heavy atom. The Morgan fingerprint density at radius 3 is 1.94 bits per heavy atom. The summed E-state index contributed by atoms with van der Waals surface area (Å²) in [6.07, 6.45) is -0.0148. The van der Waals surface area contributed by atoms with Crippen LogP contribution in [-0.2, 0) is 9.59 Å². The van der Waals surface area contributed by atoms with Crippen molar-refractivity contribution in [3.05, 3.63) is 98.6 Å². The van der Waals surface area contributed by atoms with E-state index in [1.54, 1.807) is 24.3 Å². The van der Waals surface area contributed by atoms with Crippen LogP contribution in [0.25, 0.3) is 0 Å². The van der Waals surface area contributed by atoms with Crippen molar-refractivity contribution in [3.63, 3.8) is 0 Å². The number of anilines is 2. The number of amides is 3. The summed E-state index contributed by atoms with van der Waals surface area (Å²) in [4.78, 5) is 59.8. The second kappa shape index (κ2) is 9.73. The monoisotopic (exact) mass is 492 g/mol. The molecule has 1 N–H and O–H groups in total. The van der Waals surface area contributed by atoms with E-state index in [0.29, 0.717) is 10.6 Å². The molecule has 0 aromatic heterocycles. The third-order valence-corrected chi connectivity index (χ3v) is 6.35. The van der Waals surface area contributed by atoms with Gasteiger partial charge in [0.2, 0.25) is 11.8 Å². The maximum Gasteiger partial charge on any atom is 0.269 e. The fraction of sp³-hybridized carbons (Fsp3) is 0.0870. The molecule has 3 aromatic carbocycles. The first-order valence-electron chi connectivity index (χ1n) is 10.2. The number of non-ortho nitro benzene ring substituents is 2. The van der Waals surface area contributed by atoms with Crippen LogP contribution in [0.2, 0.25) is 0 Å². The van der Waals surface area contributed by atoms with E-state index in [1.165, 1.54) is 60.3 Å². The topological polar surface area (TPSA) is 153 Å². The Morgan fingerprint density at radius 2 is 1.40 bits per heavy atom. The number of hydrogen-bond acceptors (Lipinski definition) is 8. The minimum Gasteiger partial charge on any atom is -0.322 e. The molecular weight excluding hydrogens is 476 g/mol. The molecule has 1 unspecified atom stereocenters. The number of imide groups is 1. The zero-order valence-corrected chi connectivity index (χ0v) is 18.6. The number of carbonyl (C=O) groups excluding carboxylic acids is 3. The Balaban J connectivity index is 1.39. The van der Waals surface area contributed by atoms with Crippen molar-refractivity contribution in [2.75, 3.05) is 10.2 Å². The molecule has 1 aliphatic heterocycles. The van der Waals surface area contributed by atoms with E-state index in [0.717, 1.165) is 4.90 Å². The predicted molar refractivity (Wildman–Crippen MR) is 127 cm³/mol. The number of carbonyl (C=O) groups is 3. The molecule has 0 bridgehead atoms. The van der Waals surface area contributed by atoms with Crippen molar-refractivity contribution < 1.29 is 24.2 Å². The van der Waals surface area contributed by atoms with E-state index in [2.05, 4.69) is 5.32 Å². The van der Waals surface area contributed by atoms with E-state index in [1.807, 2.05) is 0 Å². The zero-order valence-electron chi connectivity index (χ0n) is 17.8. The number of nitrogens with one attached hydrogen (secondary N) is 1. The summed E-state index contributed by atoms with van der Waals surface area (Å²) in [5.41, 5.74) is 0.766. The third-order valence-electron chi connectivity index (χ3n) is 5.15. The lowest BCUT2D eigenvalue weighted by molar-refractivity contribution is -0.385. The maximum atomic E-state index is 12.8. The number of nitrogens with zero attached hydrogens (tertiary/aromatic N) is 3. The van der Waals surface area contributed by atoms with Gasteiger partial charge in [0.15, 0.2) is 0 Å². The van der Waals surface area contributed by atoms with E-state index < -0.39 is 32.8 Å². The standard InChI is InChI=1S/C23H16N4O7S/c28-21-13-20(23(30)25(21)16-7-9-18(10-8-16)27(33)34)35-19-11-3-15(4-12-19)24-22(29)14-1-5-17(6-2-14)26(31)32/h1-12,20H,13H2,(H,24,29). The second-order valence-electron chi connectivity index (χ2n) is 7.43. The van der Waals surface area contributed by atoms with Crippen LogP contribution >= 0.6 is 11.8 Å². The summed E-state index contributed by atoms with van der Waals surface area (Å²) in [6.45, 7) is 0. The molecule has 1 aliphatic rings. The molecule has 1 heterocycles. The second-order valence-corrected chi connectivity index (χ2v) is 8.71. The van der Waals surface area contributed by atoms with Crippen LogP contribution < -0.4 is 10.2 Å². The highest BCUT2D eigenvalue weighted by molar-refractivity contribution is 8.00. The first kappa shape index (κ1) is 23.6. The Labute approximate surface area is 202 Å². The van der Waals surface area contributed by atoms with Crippen LogP contribution in [0, 0.1) is 20.2 Å². The van der Waals surface area contributed by atoms with Gasteiger partial charge in [0.25, 0.3) is 17.3 Å². The fourth-order valence-corrected chi connectivity index (χ4v) is 4.46. The molecule has 1 atom stereocenters. The van der Waals surface area contributed by atoms with Crippen molar-refractivity contribution >= 4 is 52.2 Å². The Kier molecular flexibility index (Phi) is 6.55. The lowest BCUT2D eigenvalue weighted by Gasteiger charge is -2.14. The fourth-order valence-electron chi connectivity index (χ4n) is 3.41. The van der Waals surface area contributed by atoms with E-state index in [-0.39, 0.29) is 29.0 Å². The average molecular weight is 492 g/mol. The lowest BCUT2D eigenvalue weighted by Crippen LogP contribution is -2.31. The molecule has 176 valence electrons. The van der Waals surface area contributed by atoms with Crippen LogP contribution in [0.5, 0.6) is 0 Å². The number of hydrogen-bond donors (Lipinski definition) is 1. The molecule has 4 rings (SSSR count). The van der Waals surface area contributed by atoms with Gasteiger partial charge in [-0.05, 0) is 48.5 Å². The summed E-state index contributed by atoms with van der Waals surface area (Å²) < 4.78 is 0. The van der Waals surface area contributed by atoms with Crippen molar-refractivity contribution in [2.24, 2.45) is 0 Å². The molecule has 11 nitrogen and oxygen atoms in total. The van der Waals surface area contributed by atoms with E-state index >= 15 is 0 Å². The van der Waals surface area contributed by atoms with Gasteiger partial charge in [-0.2, -0.15) is 0 Å². The molecule has 3 amide bonds. The highest BCUT2D eigenvalue weighted by Gasteiger charge is 2.40. The van der Waals surface area contributed by atoms with Crippen molar-refractivity contribution in [1.29, 1.82) is 0 Å². The summed E-state index contributed by atoms with van der Waals surface area (Å²) in [7, 11) is 0. The smallest absolute Gasteiger partial charge is 0.269 e. The molecular formula is C23H16N4O7S. The van der Waals surface area contributed by atoms with Gasteiger partial charge in [-0.15, -0.1) is 11.8 Å². The third kappa shape index (κ3) is 5.17. The van der Waals surface area contributed by atoms with E-state index in [4.69, 9.17) is 0 Å². The molecule has 0 radical (unpaired) electrons. The molecule has 1 fully saturated rings. The normalized spacial score (nSPS) is 15.2. The maximum absolute atomic E-state index is 12.8. The summed E-state index contributed by atoms with van der Waals surface area (Å²) >= 11 is 1.20. The van der Waals surface area contributed by atoms with Crippen LogP contribution in [-0.4, -0.2) is 32.8 Å².